The maximum absolute atomic E-state index is 12.2. The van der Waals surface area contributed by atoms with Crippen molar-refractivity contribution in [2.75, 3.05) is 26.2 Å². The average molecular weight is 282 g/mol. The van der Waals surface area contributed by atoms with Crippen molar-refractivity contribution in [1.82, 2.24) is 20.9 Å². The standard InChI is InChI=1S/C13H22N4O3/c1-9(13(20)17-5-3-2-4-6-17)16-12(19)10-7-15-11(18)8-14-10/h9-10,14H,2-8H2,1H3,(H,15,18)(H,16,19). The third kappa shape index (κ3) is 3.69. The van der Waals surface area contributed by atoms with Crippen LogP contribution in [0.4, 0.5) is 0 Å². The van der Waals surface area contributed by atoms with Crippen LogP contribution in [0.5, 0.6) is 0 Å². The summed E-state index contributed by atoms with van der Waals surface area (Å²) >= 11 is 0. The summed E-state index contributed by atoms with van der Waals surface area (Å²) in [6.07, 6.45) is 3.22. The van der Waals surface area contributed by atoms with Gasteiger partial charge in [-0.15, -0.1) is 0 Å². The molecule has 0 bridgehead atoms. The molecule has 3 N–H and O–H groups in total. The van der Waals surface area contributed by atoms with Crippen LogP contribution in [-0.4, -0.2) is 60.9 Å². The van der Waals surface area contributed by atoms with E-state index < -0.39 is 12.1 Å². The van der Waals surface area contributed by atoms with Crippen molar-refractivity contribution in [1.29, 1.82) is 0 Å². The SMILES string of the molecule is CC(NC(=O)C1CNC(=O)CN1)C(=O)N1CCCCC1. The molecule has 2 saturated heterocycles. The predicted molar refractivity (Wildman–Crippen MR) is 72.8 cm³/mol. The summed E-state index contributed by atoms with van der Waals surface area (Å²) < 4.78 is 0. The Morgan fingerprint density at radius 1 is 1.30 bits per heavy atom. The second-order valence-electron chi connectivity index (χ2n) is 5.35. The van der Waals surface area contributed by atoms with Gasteiger partial charge in [-0.3, -0.25) is 19.7 Å². The van der Waals surface area contributed by atoms with Gasteiger partial charge in [-0.25, -0.2) is 0 Å². The molecule has 0 spiro atoms. The molecular weight excluding hydrogens is 260 g/mol. The molecule has 2 unspecified atom stereocenters. The van der Waals surface area contributed by atoms with Crippen LogP contribution in [0.3, 0.4) is 0 Å². The van der Waals surface area contributed by atoms with Crippen LogP contribution in [0, 0.1) is 0 Å². The molecule has 7 heteroatoms. The van der Waals surface area contributed by atoms with Crippen LogP contribution in [0.1, 0.15) is 26.2 Å². The smallest absolute Gasteiger partial charge is 0.244 e. The first kappa shape index (κ1) is 14.8. The Labute approximate surface area is 118 Å². The monoisotopic (exact) mass is 282 g/mol. The van der Waals surface area contributed by atoms with Gasteiger partial charge in [0.2, 0.25) is 17.7 Å². The number of carbonyl (C=O) groups is 3. The number of carbonyl (C=O) groups excluding carboxylic acids is 3. The molecule has 7 nitrogen and oxygen atoms in total. The summed E-state index contributed by atoms with van der Waals surface area (Å²) in [6, 6.07) is -0.996. The fourth-order valence-corrected chi connectivity index (χ4v) is 2.52. The Morgan fingerprint density at radius 3 is 2.60 bits per heavy atom. The number of piperazine rings is 1. The highest BCUT2D eigenvalue weighted by Gasteiger charge is 2.28. The number of hydrogen-bond donors (Lipinski definition) is 3. The van der Waals surface area contributed by atoms with Gasteiger partial charge in [-0.2, -0.15) is 0 Å². The molecule has 0 aromatic rings. The highest BCUT2D eigenvalue weighted by atomic mass is 16.2. The molecule has 2 fully saturated rings. The second kappa shape index (κ2) is 6.69. The number of nitrogens with zero attached hydrogens (tertiary/aromatic N) is 1. The number of rotatable bonds is 3. The van der Waals surface area contributed by atoms with E-state index in [9.17, 15) is 14.4 Å². The average Bonchev–Trinajstić information content (AvgIpc) is 2.48. The van der Waals surface area contributed by atoms with Gasteiger partial charge in [0.1, 0.15) is 12.1 Å². The zero-order chi connectivity index (χ0) is 14.5. The first-order valence-electron chi connectivity index (χ1n) is 7.17. The predicted octanol–water partition coefficient (Wildman–Crippen LogP) is -1.41. The van der Waals surface area contributed by atoms with Crippen molar-refractivity contribution in [2.45, 2.75) is 38.3 Å². The van der Waals surface area contributed by atoms with E-state index in [0.717, 1.165) is 32.4 Å². The lowest BCUT2D eigenvalue weighted by Gasteiger charge is -2.30. The highest BCUT2D eigenvalue weighted by Crippen LogP contribution is 2.10. The summed E-state index contributed by atoms with van der Waals surface area (Å²) in [4.78, 5) is 37.0. The lowest BCUT2D eigenvalue weighted by Crippen LogP contribution is -2.60. The lowest BCUT2D eigenvalue weighted by atomic mass is 10.1. The minimum atomic E-state index is -0.528. The summed E-state index contributed by atoms with van der Waals surface area (Å²) in [6.45, 7) is 3.64. The summed E-state index contributed by atoms with van der Waals surface area (Å²) in [7, 11) is 0. The number of nitrogens with one attached hydrogen (secondary N) is 3. The van der Waals surface area contributed by atoms with Gasteiger partial charge in [0.05, 0.1) is 6.54 Å². The second-order valence-corrected chi connectivity index (χ2v) is 5.35. The van der Waals surface area contributed by atoms with E-state index in [1.807, 2.05) is 4.90 Å². The van der Waals surface area contributed by atoms with Crippen LogP contribution in [0.15, 0.2) is 0 Å². The van der Waals surface area contributed by atoms with Crippen molar-refractivity contribution in [3.63, 3.8) is 0 Å². The van der Waals surface area contributed by atoms with Crippen molar-refractivity contribution in [3.8, 4) is 0 Å². The summed E-state index contributed by atoms with van der Waals surface area (Å²) in [5, 5.41) is 8.18. The van der Waals surface area contributed by atoms with E-state index in [1.165, 1.54) is 0 Å². The van der Waals surface area contributed by atoms with Gasteiger partial charge in [-0.1, -0.05) is 0 Å². The van der Waals surface area contributed by atoms with E-state index in [1.54, 1.807) is 6.92 Å². The molecule has 112 valence electrons. The van der Waals surface area contributed by atoms with E-state index in [4.69, 9.17) is 0 Å². The quantitative estimate of drug-likeness (QED) is 0.593. The van der Waals surface area contributed by atoms with Crippen LogP contribution >= 0.6 is 0 Å². The van der Waals surface area contributed by atoms with E-state index in [2.05, 4.69) is 16.0 Å². The maximum Gasteiger partial charge on any atom is 0.244 e. The van der Waals surface area contributed by atoms with Gasteiger partial charge in [-0.05, 0) is 26.2 Å². The van der Waals surface area contributed by atoms with E-state index in [-0.39, 0.29) is 30.8 Å². The molecule has 2 rings (SSSR count). The molecule has 0 aromatic carbocycles. The molecule has 20 heavy (non-hydrogen) atoms. The molecule has 2 atom stereocenters. The Kier molecular flexibility index (Phi) is 4.94. The van der Waals surface area contributed by atoms with Gasteiger partial charge < -0.3 is 15.5 Å². The Hall–Kier alpha value is -1.63. The third-order valence-corrected chi connectivity index (χ3v) is 3.73. The Balaban J connectivity index is 1.80. The van der Waals surface area contributed by atoms with Crippen LogP contribution in [0.25, 0.3) is 0 Å². The van der Waals surface area contributed by atoms with Crippen LogP contribution in [-0.2, 0) is 14.4 Å². The normalized spacial score (nSPS) is 24.8. The van der Waals surface area contributed by atoms with Crippen molar-refractivity contribution in [3.05, 3.63) is 0 Å². The third-order valence-electron chi connectivity index (χ3n) is 3.73. The van der Waals surface area contributed by atoms with Crippen molar-refractivity contribution >= 4 is 17.7 Å². The highest BCUT2D eigenvalue weighted by molar-refractivity contribution is 5.91. The zero-order valence-electron chi connectivity index (χ0n) is 11.8. The van der Waals surface area contributed by atoms with Crippen molar-refractivity contribution < 1.29 is 14.4 Å². The largest absolute Gasteiger partial charge is 0.353 e. The van der Waals surface area contributed by atoms with Gasteiger partial charge in [0, 0.05) is 19.6 Å². The molecule has 0 saturated carbocycles. The topological polar surface area (TPSA) is 90.5 Å². The van der Waals surface area contributed by atoms with E-state index >= 15 is 0 Å². The lowest BCUT2D eigenvalue weighted by molar-refractivity contribution is -0.137. The zero-order valence-corrected chi connectivity index (χ0v) is 11.8. The van der Waals surface area contributed by atoms with E-state index in [0.29, 0.717) is 0 Å². The molecule has 2 aliphatic heterocycles. The number of amides is 3. The van der Waals surface area contributed by atoms with Crippen molar-refractivity contribution in [2.24, 2.45) is 0 Å². The molecule has 3 amide bonds. The molecule has 0 radical (unpaired) electrons. The number of hydrogen-bond acceptors (Lipinski definition) is 4. The summed E-state index contributed by atoms with van der Waals surface area (Å²) in [5.41, 5.74) is 0. The molecule has 0 aliphatic carbocycles. The van der Waals surface area contributed by atoms with Gasteiger partial charge >= 0.3 is 0 Å². The number of piperidine rings is 1. The fraction of sp³-hybridized carbons (Fsp3) is 0.769. The maximum atomic E-state index is 12.2. The minimum Gasteiger partial charge on any atom is -0.353 e. The van der Waals surface area contributed by atoms with Crippen LogP contribution < -0.4 is 16.0 Å². The first-order valence-corrected chi connectivity index (χ1v) is 7.17. The molecule has 2 aliphatic rings. The molecular formula is C13H22N4O3. The Bertz CT molecular complexity index is 383. The molecule has 0 aromatic heterocycles. The van der Waals surface area contributed by atoms with Gasteiger partial charge in [0.25, 0.3) is 0 Å². The van der Waals surface area contributed by atoms with Crippen LogP contribution in [0.2, 0.25) is 0 Å². The minimum absolute atomic E-state index is 0.0297. The molecule has 2 heterocycles. The fourth-order valence-electron chi connectivity index (χ4n) is 2.52. The number of likely N-dealkylation sites (tertiary alicyclic amines) is 1. The van der Waals surface area contributed by atoms with Gasteiger partial charge in [0.15, 0.2) is 0 Å². The summed E-state index contributed by atoms with van der Waals surface area (Å²) in [5.74, 6) is -0.396. The Morgan fingerprint density at radius 2 is 2.00 bits per heavy atom. The first-order chi connectivity index (χ1) is 9.58.